The summed E-state index contributed by atoms with van der Waals surface area (Å²) in [6.45, 7) is -0.177. The fourth-order valence-corrected chi connectivity index (χ4v) is 11.6. The maximum absolute atomic E-state index is 16.8. The van der Waals surface area contributed by atoms with Crippen LogP contribution in [-0.2, 0) is 47.0 Å². The number of methoxy groups -OCH3 is 3. The van der Waals surface area contributed by atoms with E-state index in [2.05, 4.69) is 17.9 Å². The summed E-state index contributed by atoms with van der Waals surface area (Å²) in [5, 5.41) is 10.2. The summed E-state index contributed by atoms with van der Waals surface area (Å²) >= 11 is 0. The molecule has 14 nitrogen and oxygen atoms in total. The van der Waals surface area contributed by atoms with Gasteiger partial charge in [-0.3, -0.25) is 19.3 Å². The van der Waals surface area contributed by atoms with Crippen molar-refractivity contribution in [2.45, 2.75) is 68.3 Å². The number of imide groups is 1. The summed E-state index contributed by atoms with van der Waals surface area (Å²) in [5.74, 6) is 4.57. The van der Waals surface area contributed by atoms with Crippen molar-refractivity contribution in [3.8, 4) is 29.1 Å². The number of aliphatic hydroxyl groups is 1. The highest BCUT2D eigenvalue weighted by Crippen LogP contribution is 2.67. The zero-order valence-corrected chi connectivity index (χ0v) is 40.6. The normalized spacial score (nSPS) is 23.2. The molecule has 2 fully saturated rings. The Morgan fingerprint density at radius 3 is 2.19 bits per heavy atom. The number of carbonyl (C=O) groups is 4. The standard InChI is InChI=1S/C58H57N3O11/c1-67-31-32-71-57(66)60-45-26-25-38(24-23-37-15-7-4-8-16-37)33-44(45)58(56(60)65)49(54(63)59-28-27-41-34-47(68-2)48(69-3)35-42(41)36-59)51-55(64)72-52(40-19-11-6-12-20-40)50(39-17-9-5-10-18-39)61(51)53(58)43-21-13-14-22-46(43)70-30-29-62/h5-6,9-15,17-22,25-26,33-35,49-53,62H,4,7-8,16,27-32,36H2,1-3H3. The SMILES string of the molecule is COCCOC(=O)N1C(=O)C2(c3cc(C#CC4=CCCCC4)ccc31)C(C(=O)N1CCc3cc(OC)c(OC)cc3C1)C1C(=O)OC(c3ccccc3)C(c3ccccc3)N1C2c1ccccc1OCCO. The largest absolute Gasteiger partial charge is 0.493 e. The minimum Gasteiger partial charge on any atom is -0.493 e. The molecule has 0 bridgehead atoms. The van der Waals surface area contributed by atoms with Crippen molar-refractivity contribution < 1.29 is 52.7 Å². The zero-order chi connectivity index (χ0) is 49.9. The van der Waals surface area contributed by atoms with E-state index in [9.17, 15) is 9.90 Å². The zero-order valence-electron chi connectivity index (χ0n) is 40.6. The lowest BCUT2D eigenvalue weighted by molar-refractivity contribution is -0.179. The number of para-hydroxylation sites is 1. The van der Waals surface area contributed by atoms with E-state index in [1.54, 1.807) is 49.5 Å². The molecule has 5 aromatic carbocycles. The van der Waals surface area contributed by atoms with Gasteiger partial charge in [-0.2, -0.15) is 0 Å². The van der Waals surface area contributed by atoms with Crippen LogP contribution in [-0.4, -0.2) is 99.1 Å². The number of amides is 3. The van der Waals surface area contributed by atoms with Gasteiger partial charge in [-0.15, -0.1) is 0 Å². The van der Waals surface area contributed by atoms with Crippen LogP contribution in [0.15, 0.2) is 127 Å². The number of hydrogen-bond donors (Lipinski definition) is 1. The molecule has 0 saturated carbocycles. The number of fused-ring (bicyclic) bond motifs is 4. The molecular formula is C58H57N3O11. The number of ether oxygens (including phenoxy) is 6. The Morgan fingerprint density at radius 2 is 1.49 bits per heavy atom. The van der Waals surface area contributed by atoms with Crippen LogP contribution in [0.25, 0.3) is 0 Å². The van der Waals surface area contributed by atoms with Gasteiger partial charge in [-0.05, 0) is 102 Å². The van der Waals surface area contributed by atoms with Crippen LogP contribution in [0.2, 0.25) is 0 Å². The van der Waals surface area contributed by atoms with Crippen molar-refractivity contribution in [3.05, 3.63) is 166 Å². The van der Waals surface area contributed by atoms with Crippen LogP contribution < -0.4 is 19.1 Å². The average molecular weight is 972 g/mol. The highest BCUT2D eigenvalue weighted by Gasteiger charge is 2.76. The molecule has 5 aromatic rings. The Balaban J connectivity index is 1.28. The van der Waals surface area contributed by atoms with Gasteiger partial charge in [0.2, 0.25) is 11.8 Å². The highest BCUT2D eigenvalue weighted by molar-refractivity contribution is 6.23. The smallest absolute Gasteiger partial charge is 0.421 e. The molecule has 10 rings (SSSR count). The number of cyclic esters (lactones) is 1. The molecule has 370 valence electrons. The topological polar surface area (TPSA) is 154 Å². The van der Waals surface area contributed by atoms with E-state index in [4.69, 9.17) is 28.4 Å². The predicted octanol–water partition coefficient (Wildman–Crippen LogP) is 7.96. The first-order valence-corrected chi connectivity index (χ1v) is 24.5. The van der Waals surface area contributed by atoms with Crippen LogP contribution in [0.3, 0.4) is 0 Å². The number of esters is 1. The number of morpholine rings is 1. The summed E-state index contributed by atoms with van der Waals surface area (Å²) in [7, 11) is 4.60. The molecule has 3 amide bonds. The van der Waals surface area contributed by atoms with Crippen molar-refractivity contribution in [1.82, 2.24) is 9.80 Å². The molecule has 5 aliphatic rings. The van der Waals surface area contributed by atoms with Crippen molar-refractivity contribution in [2.75, 3.05) is 59.2 Å². The number of benzene rings is 5. The molecule has 4 heterocycles. The van der Waals surface area contributed by atoms with Gasteiger partial charge in [-0.25, -0.2) is 9.69 Å². The average Bonchev–Trinajstić information content (AvgIpc) is 3.88. The minimum atomic E-state index is -2.08. The molecule has 6 unspecified atom stereocenters. The van der Waals surface area contributed by atoms with Crippen molar-refractivity contribution in [3.63, 3.8) is 0 Å². The van der Waals surface area contributed by atoms with E-state index >= 15 is 14.4 Å². The molecule has 2 saturated heterocycles. The summed E-state index contributed by atoms with van der Waals surface area (Å²) in [6, 6.07) is 31.7. The quantitative estimate of drug-likeness (QED) is 0.0734. The molecule has 14 heteroatoms. The molecule has 1 spiro atoms. The summed E-state index contributed by atoms with van der Waals surface area (Å²) < 4.78 is 35.5. The van der Waals surface area contributed by atoms with Crippen molar-refractivity contribution >= 4 is 29.6 Å². The number of allylic oxidation sites excluding steroid dienone is 2. The molecule has 72 heavy (non-hydrogen) atoms. The van der Waals surface area contributed by atoms with Crippen LogP contribution in [0, 0.1) is 17.8 Å². The number of carbonyl (C=O) groups excluding carboxylic acids is 4. The lowest BCUT2D eigenvalue weighted by Gasteiger charge is -2.46. The first-order chi connectivity index (χ1) is 35.2. The monoisotopic (exact) mass is 971 g/mol. The first-order valence-electron chi connectivity index (χ1n) is 24.5. The van der Waals surface area contributed by atoms with E-state index in [-0.39, 0.29) is 45.2 Å². The summed E-state index contributed by atoms with van der Waals surface area (Å²) in [5.41, 5.74) is 3.64. The van der Waals surface area contributed by atoms with E-state index in [1.165, 1.54) is 7.11 Å². The molecule has 6 atom stereocenters. The number of hydrogen-bond acceptors (Lipinski definition) is 12. The van der Waals surface area contributed by atoms with Gasteiger partial charge in [0, 0.05) is 31.3 Å². The van der Waals surface area contributed by atoms with Crippen LogP contribution >= 0.6 is 0 Å². The molecule has 0 radical (unpaired) electrons. The second kappa shape index (κ2) is 20.7. The second-order valence-electron chi connectivity index (χ2n) is 18.6. The Bertz CT molecular complexity index is 2970. The van der Waals surface area contributed by atoms with Crippen LogP contribution in [0.4, 0.5) is 10.5 Å². The van der Waals surface area contributed by atoms with Crippen LogP contribution in [0.5, 0.6) is 17.2 Å². The van der Waals surface area contributed by atoms with E-state index < -0.39 is 59.4 Å². The van der Waals surface area contributed by atoms with Crippen molar-refractivity contribution in [2.24, 2.45) is 5.92 Å². The van der Waals surface area contributed by atoms with Crippen molar-refractivity contribution in [1.29, 1.82) is 0 Å². The van der Waals surface area contributed by atoms with Gasteiger partial charge in [0.1, 0.15) is 36.5 Å². The fraction of sp³-hybridized carbons (Fsp3) is 0.345. The third kappa shape index (κ3) is 8.44. The molecule has 0 aromatic heterocycles. The van der Waals surface area contributed by atoms with E-state index in [0.717, 1.165) is 52.8 Å². The molecule has 1 aliphatic carbocycles. The summed E-state index contributed by atoms with van der Waals surface area (Å²) in [6.07, 6.45) is 4.54. The van der Waals surface area contributed by atoms with Gasteiger partial charge in [-0.1, -0.05) is 96.8 Å². The Hall–Kier alpha value is -7.44. The van der Waals surface area contributed by atoms with Gasteiger partial charge in [0.05, 0.1) is 51.1 Å². The minimum absolute atomic E-state index is 0.0594. The Labute approximate surface area is 419 Å². The van der Waals surface area contributed by atoms with Gasteiger partial charge in [0.25, 0.3) is 0 Å². The fourth-order valence-electron chi connectivity index (χ4n) is 11.6. The lowest BCUT2D eigenvalue weighted by atomic mass is 9.64. The highest BCUT2D eigenvalue weighted by atomic mass is 16.6. The molecule has 1 N–H and O–H groups in total. The number of rotatable bonds is 12. The van der Waals surface area contributed by atoms with Gasteiger partial charge >= 0.3 is 12.1 Å². The number of nitrogens with zero attached hydrogens (tertiary/aromatic N) is 3. The second-order valence-corrected chi connectivity index (χ2v) is 18.6. The maximum atomic E-state index is 16.8. The Kier molecular flexibility index (Phi) is 13.9. The first kappa shape index (κ1) is 48.2. The third-order valence-electron chi connectivity index (χ3n) is 14.7. The maximum Gasteiger partial charge on any atom is 0.421 e. The third-order valence-corrected chi connectivity index (χ3v) is 14.7. The molecule has 4 aliphatic heterocycles. The summed E-state index contributed by atoms with van der Waals surface area (Å²) in [4.78, 5) is 68.5. The molecular weight excluding hydrogens is 915 g/mol. The van der Waals surface area contributed by atoms with Gasteiger partial charge in [0.15, 0.2) is 11.5 Å². The van der Waals surface area contributed by atoms with Crippen LogP contribution in [0.1, 0.15) is 82.8 Å². The number of aliphatic hydroxyl groups excluding tert-OH is 1. The number of anilines is 1. The lowest BCUT2D eigenvalue weighted by Crippen LogP contribution is -2.57. The van der Waals surface area contributed by atoms with Gasteiger partial charge < -0.3 is 38.4 Å². The van der Waals surface area contributed by atoms with E-state index in [0.29, 0.717) is 45.9 Å². The van der Waals surface area contributed by atoms with E-state index in [1.807, 2.05) is 89.8 Å². The predicted molar refractivity (Wildman–Crippen MR) is 266 cm³/mol. The Morgan fingerprint density at radius 1 is 0.764 bits per heavy atom.